The molecule has 41 heavy (non-hydrogen) atoms. The predicted molar refractivity (Wildman–Crippen MR) is 171 cm³/mol. The minimum atomic E-state index is -0.543. The van der Waals surface area contributed by atoms with Gasteiger partial charge in [0.05, 0.1) is 6.61 Å². The van der Waals surface area contributed by atoms with E-state index in [0.717, 1.165) is 42.0 Å². The van der Waals surface area contributed by atoms with Gasteiger partial charge in [0.15, 0.2) is 0 Å². The summed E-state index contributed by atoms with van der Waals surface area (Å²) in [7, 11) is 0. The highest BCUT2D eigenvalue weighted by molar-refractivity contribution is 5.54. The lowest BCUT2D eigenvalue weighted by Gasteiger charge is -2.44. The number of unbranched alkanes of at least 4 members (excludes halogenated alkanes) is 1. The molecule has 1 N–H and O–H groups in total. The first-order chi connectivity index (χ1) is 19.3. The van der Waals surface area contributed by atoms with Crippen LogP contribution in [0, 0.1) is 0 Å². The lowest BCUT2D eigenvalue weighted by molar-refractivity contribution is -0.167. The van der Waals surface area contributed by atoms with Crippen molar-refractivity contribution in [2.75, 3.05) is 11.9 Å². The van der Waals surface area contributed by atoms with E-state index in [4.69, 9.17) is 14.2 Å². The Morgan fingerprint density at radius 3 is 1.93 bits per heavy atom. The molecule has 1 aliphatic heterocycles. The molecule has 4 nitrogen and oxygen atoms in total. The van der Waals surface area contributed by atoms with Gasteiger partial charge in [0.2, 0.25) is 0 Å². The maximum atomic E-state index is 6.65. The van der Waals surface area contributed by atoms with Crippen molar-refractivity contribution in [2.24, 2.45) is 0 Å². The van der Waals surface area contributed by atoms with Crippen molar-refractivity contribution in [3.63, 3.8) is 0 Å². The van der Waals surface area contributed by atoms with Crippen LogP contribution in [0.1, 0.15) is 109 Å². The van der Waals surface area contributed by atoms with Crippen molar-refractivity contribution in [3.05, 3.63) is 94.5 Å². The zero-order valence-electron chi connectivity index (χ0n) is 26.8. The highest BCUT2D eigenvalue weighted by Crippen LogP contribution is 2.45. The van der Waals surface area contributed by atoms with Crippen LogP contribution >= 0.6 is 0 Å². The second-order valence-corrected chi connectivity index (χ2v) is 14.1. The maximum absolute atomic E-state index is 6.65. The van der Waals surface area contributed by atoms with E-state index in [1.54, 1.807) is 0 Å². The number of hydrogen-bond acceptors (Lipinski definition) is 4. The molecular formula is C37H51NO3. The van der Waals surface area contributed by atoms with Gasteiger partial charge in [-0.05, 0) is 71.6 Å². The molecule has 0 spiro atoms. The average molecular weight is 558 g/mol. The molecule has 2 unspecified atom stereocenters. The van der Waals surface area contributed by atoms with Gasteiger partial charge in [-0.2, -0.15) is 0 Å². The van der Waals surface area contributed by atoms with Gasteiger partial charge < -0.3 is 19.5 Å². The topological polar surface area (TPSA) is 39.7 Å². The molecule has 0 aliphatic carbocycles. The third-order valence-electron chi connectivity index (χ3n) is 8.01. The van der Waals surface area contributed by atoms with Gasteiger partial charge in [-0.1, -0.05) is 103 Å². The second-order valence-electron chi connectivity index (χ2n) is 14.1. The molecule has 3 aromatic carbocycles. The molecule has 4 rings (SSSR count). The van der Waals surface area contributed by atoms with E-state index in [1.807, 2.05) is 0 Å². The molecule has 1 heterocycles. The fraction of sp³-hybridized carbons (Fsp3) is 0.514. The van der Waals surface area contributed by atoms with Gasteiger partial charge in [0, 0.05) is 24.4 Å². The first-order valence-electron chi connectivity index (χ1n) is 15.3. The van der Waals surface area contributed by atoms with Gasteiger partial charge >= 0.3 is 0 Å². The summed E-state index contributed by atoms with van der Waals surface area (Å²) in [5.74, 6) is 0.867. The van der Waals surface area contributed by atoms with Gasteiger partial charge in [0.25, 0.3) is 0 Å². The average Bonchev–Trinajstić information content (AvgIpc) is 2.90. The molecule has 0 saturated heterocycles. The zero-order chi connectivity index (χ0) is 29.8. The molecule has 0 fully saturated rings. The Bertz CT molecular complexity index is 1260. The van der Waals surface area contributed by atoms with E-state index in [0.29, 0.717) is 13.2 Å². The monoisotopic (exact) mass is 557 g/mol. The molecule has 2 atom stereocenters. The Morgan fingerprint density at radius 1 is 0.780 bits per heavy atom. The van der Waals surface area contributed by atoms with Crippen LogP contribution < -0.4 is 10.1 Å². The van der Waals surface area contributed by atoms with Crippen molar-refractivity contribution in [1.29, 1.82) is 0 Å². The molecular weight excluding hydrogens is 506 g/mol. The van der Waals surface area contributed by atoms with Crippen LogP contribution in [0.2, 0.25) is 0 Å². The van der Waals surface area contributed by atoms with Crippen molar-refractivity contribution >= 4 is 5.69 Å². The van der Waals surface area contributed by atoms with Crippen molar-refractivity contribution in [1.82, 2.24) is 0 Å². The van der Waals surface area contributed by atoms with E-state index >= 15 is 0 Å². The maximum Gasteiger partial charge on any atom is 0.132 e. The van der Waals surface area contributed by atoms with E-state index < -0.39 is 5.60 Å². The quantitative estimate of drug-likeness (QED) is 0.252. The standard InChI is InChI=1S/C37H51NO3/c1-10-11-22-39-33-31-23-30(38-24-26-12-16-28(17-13-26)35(2,3)4)20-21-32(31)41-37(8,9)34(33)40-25-27-14-18-29(19-15-27)36(5,6)7/h12-21,23,33-34,38H,10-11,22,24-25H2,1-9H3. The molecule has 0 aromatic heterocycles. The predicted octanol–water partition coefficient (Wildman–Crippen LogP) is 9.51. The van der Waals surface area contributed by atoms with E-state index in [-0.39, 0.29) is 23.0 Å². The van der Waals surface area contributed by atoms with Crippen molar-refractivity contribution in [3.8, 4) is 5.75 Å². The van der Waals surface area contributed by atoms with Crippen LogP contribution in [0.5, 0.6) is 5.75 Å². The SMILES string of the molecule is CCCCOC1c2cc(NCc3ccc(C(C)(C)C)cc3)ccc2OC(C)(C)C1OCc1ccc(C(C)(C)C)cc1. The summed E-state index contributed by atoms with van der Waals surface area (Å²) in [5.41, 5.74) is 6.90. The first kappa shape index (κ1) is 31.1. The molecule has 222 valence electrons. The second kappa shape index (κ2) is 12.6. The summed E-state index contributed by atoms with van der Waals surface area (Å²) in [6.07, 6.45) is 1.62. The Balaban J connectivity index is 1.53. The number of nitrogens with one attached hydrogen (secondary N) is 1. The smallest absolute Gasteiger partial charge is 0.132 e. The van der Waals surface area contributed by atoms with Gasteiger partial charge in [-0.3, -0.25) is 0 Å². The molecule has 0 amide bonds. The van der Waals surface area contributed by atoms with Crippen LogP contribution in [-0.2, 0) is 33.5 Å². The number of benzene rings is 3. The first-order valence-corrected chi connectivity index (χ1v) is 15.3. The number of fused-ring (bicyclic) bond motifs is 1. The third kappa shape index (κ3) is 7.93. The minimum Gasteiger partial charge on any atom is -0.485 e. The molecule has 3 aromatic rings. The highest BCUT2D eigenvalue weighted by atomic mass is 16.6. The number of hydrogen-bond donors (Lipinski definition) is 1. The van der Waals surface area contributed by atoms with Gasteiger partial charge in [0.1, 0.15) is 23.6 Å². The Hall–Kier alpha value is -2.82. The molecule has 0 radical (unpaired) electrons. The summed E-state index contributed by atoms with van der Waals surface area (Å²) < 4.78 is 19.8. The number of rotatable bonds is 10. The van der Waals surface area contributed by atoms with Gasteiger partial charge in [-0.15, -0.1) is 0 Å². The summed E-state index contributed by atoms with van der Waals surface area (Å²) >= 11 is 0. The number of anilines is 1. The number of ether oxygens (including phenoxy) is 3. The minimum absolute atomic E-state index is 0.127. The zero-order valence-corrected chi connectivity index (χ0v) is 26.8. The van der Waals surface area contributed by atoms with Crippen molar-refractivity contribution in [2.45, 2.75) is 117 Å². The Morgan fingerprint density at radius 2 is 1.37 bits per heavy atom. The normalized spacial score (nSPS) is 18.5. The lowest BCUT2D eigenvalue weighted by atomic mass is 9.86. The van der Waals surface area contributed by atoms with E-state index in [2.05, 4.69) is 134 Å². The molecule has 0 bridgehead atoms. The van der Waals surface area contributed by atoms with Gasteiger partial charge in [-0.25, -0.2) is 0 Å². The van der Waals surface area contributed by atoms with Crippen LogP contribution in [0.15, 0.2) is 66.7 Å². The Labute approximate surface area is 248 Å². The summed E-state index contributed by atoms with van der Waals surface area (Å²) in [4.78, 5) is 0. The lowest BCUT2D eigenvalue weighted by Crippen LogP contribution is -2.51. The largest absolute Gasteiger partial charge is 0.485 e. The van der Waals surface area contributed by atoms with Crippen LogP contribution in [0.25, 0.3) is 0 Å². The summed E-state index contributed by atoms with van der Waals surface area (Å²) in [6.45, 7) is 21.8. The van der Waals surface area contributed by atoms with Crippen LogP contribution in [0.3, 0.4) is 0 Å². The van der Waals surface area contributed by atoms with E-state index in [1.165, 1.54) is 16.7 Å². The molecule has 1 aliphatic rings. The van der Waals surface area contributed by atoms with Crippen molar-refractivity contribution < 1.29 is 14.2 Å². The fourth-order valence-corrected chi connectivity index (χ4v) is 5.28. The third-order valence-corrected chi connectivity index (χ3v) is 8.01. The summed E-state index contributed by atoms with van der Waals surface area (Å²) in [5, 5.41) is 3.62. The summed E-state index contributed by atoms with van der Waals surface area (Å²) in [6, 6.07) is 24.0. The van der Waals surface area contributed by atoms with Crippen LogP contribution in [0.4, 0.5) is 5.69 Å². The Kier molecular flexibility index (Phi) is 9.56. The highest BCUT2D eigenvalue weighted by Gasteiger charge is 2.45. The van der Waals surface area contributed by atoms with E-state index in [9.17, 15) is 0 Å². The fourth-order valence-electron chi connectivity index (χ4n) is 5.28. The molecule has 4 heteroatoms. The molecule has 0 saturated carbocycles. The van der Waals surface area contributed by atoms with Crippen LogP contribution in [-0.4, -0.2) is 18.3 Å².